The maximum Gasteiger partial charge on any atom is 0.308 e. The van der Waals surface area contributed by atoms with Crippen molar-refractivity contribution in [1.82, 2.24) is 5.32 Å². The lowest BCUT2D eigenvalue weighted by molar-refractivity contribution is -0.142. The Morgan fingerprint density at radius 3 is 2.33 bits per heavy atom. The summed E-state index contributed by atoms with van der Waals surface area (Å²) in [5.41, 5.74) is 1.79. The molecule has 142 valence electrons. The van der Waals surface area contributed by atoms with Crippen molar-refractivity contribution in [2.75, 3.05) is 0 Å². The lowest BCUT2D eigenvalue weighted by Gasteiger charge is -2.23. The smallest absolute Gasteiger partial charge is 0.308 e. The molecule has 0 saturated carbocycles. The van der Waals surface area contributed by atoms with Gasteiger partial charge in [-0.2, -0.15) is 0 Å². The van der Waals surface area contributed by atoms with E-state index in [-0.39, 0.29) is 0 Å². The van der Waals surface area contributed by atoms with Gasteiger partial charge in [0.25, 0.3) is 5.91 Å². The summed E-state index contributed by atoms with van der Waals surface area (Å²) in [6, 6.07) is 13.6. The van der Waals surface area contributed by atoms with E-state index < -0.39 is 29.8 Å². The first kappa shape index (κ1) is 20.2. The van der Waals surface area contributed by atoms with Crippen LogP contribution in [0.3, 0.4) is 0 Å². The Kier molecular flexibility index (Phi) is 6.71. The Balaban J connectivity index is 2.25. The Bertz CT molecular complexity index is 832. The van der Waals surface area contributed by atoms with Crippen LogP contribution in [0.1, 0.15) is 35.3 Å². The number of nitrogens with one attached hydrogen (secondary N) is 1. The molecule has 2 N–H and O–H groups in total. The van der Waals surface area contributed by atoms with Crippen LogP contribution in [0.25, 0.3) is 0 Å². The minimum atomic E-state index is -0.985. The first-order chi connectivity index (χ1) is 12.8. The van der Waals surface area contributed by atoms with Gasteiger partial charge in [-0.1, -0.05) is 36.4 Å². The molecule has 2 atom stereocenters. The predicted molar refractivity (Wildman–Crippen MR) is 101 cm³/mol. The molecule has 2 aromatic rings. The highest BCUT2D eigenvalue weighted by molar-refractivity contribution is 5.97. The van der Waals surface area contributed by atoms with E-state index in [1.54, 1.807) is 32.0 Å². The summed E-state index contributed by atoms with van der Waals surface area (Å²) in [6.07, 6.45) is 0.392. The Hall–Kier alpha value is -3.15. The standard InChI is InChI=1S/C21H23NO5/c1-13-17(10-7-11-19(13)27-15(3)23)20(24)22-18(14(2)21(25)26)12-16-8-5-4-6-9-16/h4-11,14,18H,12H2,1-3H3,(H,22,24)(H,25,26)/t14-,18-/m0/s1. The number of carbonyl (C=O) groups is 3. The zero-order valence-electron chi connectivity index (χ0n) is 15.6. The molecular weight excluding hydrogens is 346 g/mol. The van der Waals surface area contributed by atoms with E-state index in [9.17, 15) is 19.5 Å². The third-order valence-electron chi connectivity index (χ3n) is 4.39. The van der Waals surface area contributed by atoms with Gasteiger partial charge in [0, 0.05) is 24.1 Å². The number of rotatable bonds is 7. The summed E-state index contributed by atoms with van der Waals surface area (Å²) in [4.78, 5) is 35.5. The lowest BCUT2D eigenvalue weighted by atomic mass is 9.94. The van der Waals surface area contributed by atoms with E-state index in [1.165, 1.54) is 6.92 Å². The molecule has 6 nitrogen and oxygen atoms in total. The van der Waals surface area contributed by atoms with E-state index in [2.05, 4.69) is 5.32 Å². The van der Waals surface area contributed by atoms with Crippen LogP contribution < -0.4 is 10.1 Å². The highest BCUT2D eigenvalue weighted by atomic mass is 16.5. The molecular formula is C21H23NO5. The molecule has 2 rings (SSSR count). The van der Waals surface area contributed by atoms with Gasteiger partial charge in [0.05, 0.1) is 5.92 Å². The van der Waals surface area contributed by atoms with E-state index >= 15 is 0 Å². The van der Waals surface area contributed by atoms with Crippen LogP contribution in [0, 0.1) is 12.8 Å². The van der Waals surface area contributed by atoms with Crippen molar-refractivity contribution in [2.45, 2.75) is 33.2 Å². The van der Waals surface area contributed by atoms with Gasteiger partial charge >= 0.3 is 11.9 Å². The molecule has 0 aliphatic rings. The third kappa shape index (κ3) is 5.41. The molecule has 0 aromatic heterocycles. The van der Waals surface area contributed by atoms with Crippen molar-refractivity contribution in [3.05, 3.63) is 65.2 Å². The lowest BCUT2D eigenvalue weighted by Crippen LogP contribution is -2.44. The van der Waals surface area contributed by atoms with Gasteiger partial charge in [-0.25, -0.2) is 0 Å². The van der Waals surface area contributed by atoms with E-state index in [0.29, 0.717) is 23.3 Å². The second kappa shape index (κ2) is 8.98. The third-order valence-corrected chi connectivity index (χ3v) is 4.39. The Labute approximate surface area is 158 Å². The molecule has 0 heterocycles. The van der Waals surface area contributed by atoms with Crippen LogP contribution in [0.15, 0.2) is 48.5 Å². The van der Waals surface area contributed by atoms with Crippen LogP contribution in [0.4, 0.5) is 0 Å². The monoisotopic (exact) mass is 369 g/mol. The van der Waals surface area contributed by atoms with Gasteiger partial charge in [-0.3, -0.25) is 14.4 Å². The van der Waals surface area contributed by atoms with Crippen LogP contribution in [-0.2, 0) is 16.0 Å². The van der Waals surface area contributed by atoms with E-state index in [0.717, 1.165) is 5.56 Å². The van der Waals surface area contributed by atoms with E-state index in [1.807, 2.05) is 30.3 Å². The molecule has 27 heavy (non-hydrogen) atoms. The second-order valence-electron chi connectivity index (χ2n) is 6.42. The maximum absolute atomic E-state index is 12.8. The highest BCUT2D eigenvalue weighted by Crippen LogP contribution is 2.22. The fourth-order valence-electron chi connectivity index (χ4n) is 2.76. The summed E-state index contributed by atoms with van der Waals surface area (Å²) in [5.74, 6) is -2.33. The van der Waals surface area contributed by atoms with Crippen molar-refractivity contribution in [3.8, 4) is 5.75 Å². The minimum Gasteiger partial charge on any atom is -0.481 e. The number of carboxylic acid groups (broad SMARTS) is 1. The number of hydrogen-bond acceptors (Lipinski definition) is 4. The molecule has 0 aliphatic carbocycles. The number of aliphatic carboxylic acids is 1. The number of esters is 1. The summed E-state index contributed by atoms with van der Waals surface area (Å²) in [7, 11) is 0. The van der Waals surface area contributed by atoms with Gasteiger partial charge in [-0.15, -0.1) is 0 Å². The summed E-state index contributed by atoms with van der Waals surface area (Å²) < 4.78 is 5.11. The zero-order chi connectivity index (χ0) is 20.0. The molecule has 0 saturated heterocycles. The van der Waals surface area contributed by atoms with Gasteiger partial charge in [0.2, 0.25) is 0 Å². The van der Waals surface area contributed by atoms with Crippen molar-refractivity contribution >= 4 is 17.8 Å². The van der Waals surface area contributed by atoms with Crippen LogP contribution in [0.5, 0.6) is 5.75 Å². The fraction of sp³-hybridized carbons (Fsp3) is 0.286. The number of carbonyl (C=O) groups excluding carboxylic acids is 2. The quantitative estimate of drug-likeness (QED) is 0.578. The van der Waals surface area contributed by atoms with Crippen molar-refractivity contribution in [3.63, 3.8) is 0 Å². The first-order valence-electron chi connectivity index (χ1n) is 8.65. The first-order valence-corrected chi connectivity index (χ1v) is 8.65. The normalized spacial score (nSPS) is 12.7. The van der Waals surface area contributed by atoms with Gasteiger partial charge in [0.1, 0.15) is 5.75 Å². The molecule has 2 aromatic carbocycles. The number of benzene rings is 2. The Morgan fingerprint density at radius 1 is 1.07 bits per heavy atom. The topological polar surface area (TPSA) is 92.7 Å². The maximum atomic E-state index is 12.8. The average molecular weight is 369 g/mol. The van der Waals surface area contributed by atoms with Gasteiger partial charge < -0.3 is 15.2 Å². The number of ether oxygens (including phenoxy) is 1. The molecule has 0 radical (unpaired) electrons. The van der Waals surface area contributed by atoms with Gasteiger partial charge in [-0.05, 0) is 38.0 Å². The number of hydrogen-bond donors (Lipinski definition) is 2. The summed E-state index contributed by atoms with van der Waals surface area (Å²) >= 11 is 0. The molecule has 1 amide bonds. The van der Waals surface area contributed by atoms with Gasteiger partial charge in [0.15, 0.2) is 0 Å². The molecule has 0 aliphatic heterocycles. The van der Waals surface area contributed by atoms with E-state index in [4.69, 9.17) is 4.74 Å². The fourth-order valence-corrected chi connectivity index (χ4v) is 2.76. The van der Waals surface area contributed by atoms with Crippen molar-refractivity contribution in [2.24, 2.45) is 5.92 Å². The molecule has 6 heteroatoms. The largest absolute Gasteiger partial charge is 0.481 e. The number of amides is 1. The SMILES string of the molecule is CC(=O)Oc1cccc(C(=O)N[C@@H](Cc2ccccc2)[C@H](C)C(=O)O)c1C. The number of carboxylic acids is 1. The molecule has 0 fully saturated rings. The second-order valence-corrected chi connectivity index (χ2v) is 6.42. The minimum absolute atomic E-state index is 0.307. The Morgan fingerprint density at radius 2 is 1.74 bits per heavy atom. The molecule has 0 spiro atoms. The molecule has 0 bridgehead atoms. The average Bonchev–Trinajstić information content (AvgIpc) is 2.62. The summed E-state index contributed by atoms with van der Waals surface area (Å²) in [6.45, 7) is 4.54. The van der Waals surface area contributed by atoms with Crippen LogP contribution in [0.2, 0.25) is 0 Å². The van der Waals surface area contributed by atoms with Crippen molar-refractivity contribution in [1.29, 1.82) is 0 Å². The highest BCUT2D eigenvalue weighted by Gasteiger charge is 2.26. The molecule has 0 unspecified atom stereocenters. The van der Waals surface area contributed by atoms with Crippen molar-refractivity contribution < 1.29 is 24.2 Å². The summed E-state index contributed by atoms with van der Waals surface area (Å²) in [5, 5.41) is 12.2. The predicted octanol–water partition coefficient (Wildman–Crippen LogP) is 2.98. The zero-order valence-corrected chi connectivity index (χ0v) is 15.6. The van der Waals surface area contributed by atoms with Crippen LogP contribution in [-0.4, -0.2) is 29.0 Å². The van der Waals surface area contributed by atoms with Crippen LogP contribution >= 0.6 is 0 Å².